The molecule has 0 amide bonds. The van der Waals surface area contributed by atoms with E-state index in [4.69, 9.17) is 9.47 Å². The van der Waals surface area contributed by atoms with Gasteiger partial charge in [0, 0.05) is 11.1 Å². The van der Waals surface area contributed by atoms with Crippen molar-refractivity contribution in [3.8, 4) is 34.1 Å². The average Bonchev–Trinajstić information content (AvgIpc) is 2.77. The maximum absolute atomic E-state index is 10.6. The van der Waals surface area contributed by atoms with Crippen LogP contribution in [0.1, 0.15) is 11.1 Å². The first-order valence-electron chi connectivity index (χ1n) is 9.39. The number of aliphatic hydroxyl groups is 2. The number of phenolic OH excluding ortho intramolecular Hbond substituents is 2. The molecule has 0 fully saturated rings. The van der Waals surface area contributed by atoms with E-state index in [1.54, 1.807) is 12.1 Å². The summed E-state index contributed by atoms with van der Waals surface area (Å²) in [5.41, 5.74) is 2.56. The van der Waals surface area contributed by atoms with Gasteiger partial charge in [0.2, 0.25) is 0 Å². The van der Waals surface area contributed by atoms with Crippen molar-refractivity contribution in [2.75, 3.05) is 14.2 Å². The molecule has 0 saturated carbocycles. The van der Waals surface area contributed by atoms with Gasteiger partial charge in [-0.25, -0.2) is 0 Å². The fourth-order valence-corrected chi connectivity index (χ4v) is 3.97. The number of aromatic hydroxyl groups is 2. The van der Waals surface area contributed by atoms with Crippen molar-refractivity contribution in [2.24, 2.45) is 0 Å². The summed E-state index contributed by atoms with van der Waals surface area (Å²) in [7, 11) is 3.05. The second-order valence-corrected chi connectivity index (χ2v) is 7.04. The van der Waals surface area contributed by atoms with Crippen molar-refractivity contribution < 1.29 is 29.9 Å². The minimum atomic E-state index is -0.179. The number of fused-ring (bicyclic) bond motifs is 2. The van der Waals surface area contributed by atoms with Gasteiger partial charge in [0.25, 0.3) is 0 Å². The van der Waals surface area contributed by atoms with Crippen molar-refractivity contribution in [2.45, 2.75) is 13.2 Å². The molecular formula is C24H22O6. The lowest BCUT2D eigenvalue weighted by Gasteiger charge is -2.18. The molecule has 0 aromatic heterocycles. The lowest BCUT2D eigenvalue weighted by Crippen LogP contribution is -1.96. The fourth-order valence-electron chi connectivity index (χ4n) is 3.97. The zero-order valence-electron chi connectivity index (χ0n) is 16.6. The Morgan fingerprint density at radius 2 is 1.03 bits per heavy atom. The van der Waals surface area contributed by atoms with Gasteiger partial charge in [-0.15, -0.1) is 0 Å². The normalized spacial score (nSPS) is 11.2. The van der Waals surface area contributed by atoms with Crippen molar-refractivity contribution in [3.05, 3.63) is 59.7 Å². The van der Waals surface area contributed by atoms with Crippen LogP contribution in [0, 0.1) is 0 Å². The van der Waals surface area contributed by atoms with E-state index < -0.39 is 0 Å². The quantitative estimate of drug-likeness (QED) is 0.399. The van der Waals surface area contributed by atoms with Gasteiger partial charge >= 0.3 is 0 Å². The first kappa shape index (κ1) is 19.8. The third kappa shape index (κ3) is 3.07. The number of phenols is 2. The Morgan fingerprint density at radius 3 is 1.37 bits per heavy atom. The molecule has 6 heteroatoms. The molecule has 0 aliphatic heterocycles. The van der Waals surface area contributed by atoms with Gasteiger partial charge in [-0.05, 0) is 58.3 Å². The van der Waals surface area contributed by atoms with Crippen molar-refractivity contribution in [1.82, 2.24) is 0 Å². The average molecular weight is 406 g/mol. The fraction of sp³-hybridized carbons (Fsp3) is 0.167. The standard InChI is InChI=1S/C24H22O6/c1-29-23-17(5-3-15-7-13(11-25)9-19(27)21(15)23)18-6-4-16-8-14(12-26)10-20(28)22(16)24(18)30-2/h3-10,25-28H,11-12H2,1-2H3. The van der Waals surface area contributed by atoms with Crippen LogP contribution in [0.15, 0.2) is 48.5 Å². The SMILES string of the molecule is COc1c(-c2ccc3cc(CO)cc(O)c3c2OC)ccc2cc(CO)cc(O)c12. The molecule has 154 valence electrons. The first-order valence-corrected chi connectivity index (χ1v) is 9.39. The molecule has 0 aliphatic carbocycles. The number of benzene rings is 4. The maximum Gasteiger partial charge on any atom is 0.138 e. The largest absolute Gasteiger partial charge is 0.507 e. The third-order valence-corrected chi connectivity index (χ3v) is 5.28. The zero-order valence-corrected chi connectivity index (χ0v) is 16.6. The summed E-state index contributed by atoms with van der Waals surface area (Å²) in [6.45, 7) is -0.359. The molecule has 0 aliphatic rings. The van der Waals surface area contributed by atoms with Crippen LogP contribution in [0.2, 0.25) is 0 Å². The highest BCUT2D eigenvalue weighted by molar-refractivity contribution is 6.04. The Hall–Kier alpha value is -3.48. The number of aliphatic hydroxyl groups excluding tert-OH is 2. The van der Waals surface area contributed by atoms with E-state index in [-0.39, 0.29) is 24.7 Å². The van der Waals surface area contributed by atoms with E-state index in [0.717, 1.165) is 10.8 Å². The highest BCUT2D eigenvalue weighted by atomic mass is 16.5. The van der Waals surface area contributed by atoms with Crippen molar-refractivity contribution >= 4 is 21.5 Å². The van der Waals surface area contributed by atoms with E-state index in [1.807, 2.05) is 24.3 Å². The highest BCUT2D eigenvalue weighted by Gasteiger charge is 2.20. The smallest absolute Gasteiger partial charge is 0.138 e. The van der Waals surface area contributed by atoms with Crippen molar-refractivity contribution in [1.29, 1.82) is 0 Å². The van der Waals surface area contributed by atoms with E-state index in [9.17, 15) is 20.4 Å². The van der Waals surface area contributed by atoms with Gasteiger partial charge in [-0.1, -0.05) is 12.1 Å². The topological polar surface area (TPSA) is 99.4 Å². The third-order valence-electron chi connectivity index (χ3n) is 5.28. The summed E-state index contributed by atoms with van der Waals surface area (Å²) in [5.74, 6) is 0.924. The molecule has 0 heterocycles. The second-order valence-electron chi connectivity index (χ2n) is 7.04. The van der Waals surface area contributed by atoms with E-state index in [1.165, 1.54) is 26.4 Å². The molecule has 4 aromatic rings. The van der Waals surface area contributed by atoms with E-state index in [2.05, 4.69) is 0 Å². The molecule has 4 aromatic carbocycles. The highest BCUT2D eigenvalue weighted by Crippen LogP contribution is 2.47. The molecule has 0 saturated heterocycles. The minimum absolute atomic E-state index is 0.00504. The van der Waals surface area contributed by atoms with Gasteiger partial charge in [0.15, 0.2) is 0 Å². The number of hydrogen-bond donors (Lipinski definition) is 4. The molecule has 0 atom stereocenters. The molecule has 6 nitrogen and oxygen atoms in total. The minimum Gasteiger partial charge on any atom is -0.507 e. The van der Waals surface area contributed by atoms with E-state index >= 15 is 0 Å². The number of hydrogen-bond acceptors (Lipinski definition) is 6. The summed E-state index contributed by atoms with van der Waals surface area (Å²) in [6.07, 6.45) is 0. The maximum atomic E-state index is 10.6. The van der Waals surface area contributed by atoms with Crippen LogP contribution in [0.3, 0.4) is 0 Å². The zero-order chi connectivity index (χ0) is 21.4. The first-order chi connectivity index (χ1) is 14.5. The van der Waals surface area contributed by atoms with Gasteiger partial charge in [-0.2, -0.15) is 0 Å². The summed E-state index contributed by atoms with van der Waals surface area (Å²) >= 11 is 0. The van der Waals surface area contributed by atoms with Crippen LogP contribution in [-0.2, 0) is 13.2 Å². The van der Waals surface area contributed by atoms with Gasteiger partial charge < -0.3 is 29.9 Å². The molecule has 0 bridgehead atoms. The van der Waals surface area contributed by atoms with Gasteiger partial charge in [0.05, 0.1) is 38.2 Å². The van der Waals surface area contributed by atoms with Crippen LogP contribution < -0.4 is 9.47 Å². The molecular weight excluding hydrogens is 384 g/mol. The Balaban J connectivity index is 2.05. The molecule has 4 N–H and O–H groups in total. The van der Waals surface area contributed by atoms with Crippen LogP contribution in [-0.4, -0.2) is 34.6 Å². The van der Waals surface area contributed by atoms with Crippen LogP contribution in [0.5, 0.6) is 23.0 Å². The monoisotopic (exact) mass is 406 g/mol. The lowest BCUT2D eigenvalue weighted by molar-refractivity contribution is 0.281. The van der Waals surface area contributed by atoms with Crippen molar-refractivity contribution in [3.63, 3.8) is 0 Å². The predicted molar refractivity (Wildman–Crippen MR) is 115 cm³/mol. The van der Waals surface area contributed by atoms with E-state index in [0.29, 0.717) is 44.5 Å². The molecule has 0 spiro atoms. The summed E-state index contributed by atoms with van der Waals surface area (Å²) < 4.78 is 11.3. The van der Waals surface area contributed by atoms with Crippen LogP contribution >= 0.6 is 0 Å². The Morgan fingerprint density at radius 1 is 0.633 bits per heavy atom. The summed E-state index contributed by atoms with van der Waals surface area (Å²) in [5, 5.41) is 42.5. The molecule has 4 rings (SSSR count). The molecule has 30 heavy (non-hydrogen) atoms. The molecule has 0 radical (unpaired) electrons. The van der Waals surface area contributed by atoms with Crippen LogP contribution in [0.4, 0.5) is 0 Å². The van der Waals surface area contributed by atoms with Gasteiger partial charge in [0.1, 0.15) is 23.0 Å². The molecule has 0 unspecified atom stereocenters. The summed E-state index contributed by atoms with van der Waals surface area (Å²) in [4.78, 5) is 0. The Bertz CT molecular complexity index is 1160. The Kier molecular flexibility index (Phi) is 5.11. The second kappa shape index (κ2) is 7.74. The summed E-state index contributed by atoms with van der Waals surface area (Å²) in [6, 6.07) is 14.0. The Labute approximate surface area is 173 Å². The van der Waals surface area contributed by atoms with Gasteiger partial charge in [-0.3, -0.25) is 0 Å². The van der Waals surface area contributed by atoms with Crippen LogP contribution in [0.25, 0.3) is 32.7 Å². The predicted octanol–water partition coefficient (Wildman–Crippen LogP) is 4.07. The lowest BCUT2D eigenvalue weighted by atomic mass is 9.94. The number of methoxy groups -OCH3 is 2. The number of ether oxygens (including phenoxy) is 2. The number of rotatable bonds is 5.